The Kier molecular flexibility index (Phi) is 9.52. The van der Waals surface area contributed by atoms with E-state index in [9.17, 15) is 19.2 Å². The molecule has 0 aromatic heterocycles. The van der Waals surface area contributed by atoms with Crippen LogP contribution in [0.4, 0.5) is 4.79 Å². The number of rotatable bonds is 9. The fourth-order valence-corrected chi connectivity index (χ4v) is 5.17. The second kappa shape index (κ2) is 12.3. The van der Waals surface area contributed by atoms with Crippen molar-refractivity contribution in [3.05, 3.63) is 0 Å². The second-order valence-electron chi connectivity index (χ2n) is 9.80. The summed E-state index contributed by atoms with van der Waals surface area (Å²) in [4.78, 5) is 53.9. The van der Waals surface area contributed by atoms with Gasteiger partial charge in [0, 0.05) is 32.2 Å². The van der Waals surface area contributed by atoms with Crippen molar-refractivity contribution < 1.29 is 19.2 Å². The van der Waals surface area contributed by atoms with Gasteiger partial charge in [0.25, 0.3) is 5.91 Å². The minimum absolute atomic E-state index is 0.0481. The van der Waals surface area contributed by atoms with Crippen LogP contribution in [0.2, 0.25) is 0 Å². The quantitative estimate of drug-likeness (QED) is 0.387. The number of carbonyl (C=O) groups excluding carboxylic acids is 4. The van der Waals surface area contributed by atoms with Gasteiger partial charge in [0.1, 0.15) is 5.54 Å². The summed E-state index contributed by atoms with van der Waals surface area (Å²) < 4.78 is 0. The van der Waals surface area contributed by atoms with Crippen LogP contribution in [-0.2, 0) is 14.4 Å². The predicted octanol–water partition coefficient (Wildman–Crippen LogP) is 1.61. The van der Waals surface area contributed by atoms with Crippen molar-refractivity contribution in [2.75, 3.05) is 26.2 Å². The van der Waals surface area contributed by atoms with Gasteiger partial charge in [-0.05, 0) is 32.1 Å². The lowest BCUT2D eigenvalue weighted by Crippen LogP contribution is -2.65. The topological polar surface area (TPSA) is 120 Å². The van der Waals surface area contributed by atoms with Gasteiger partial charge in [0.05, 0.1) is 6.04 Å². The van der Waals surface area contributed by atoms with E-state index in [-0.39, 0.29) is 18.0 Å². The SMILES string of the molecule is CCCC[C@H](NC(=O)C1(NC(=O)N2CCNCC2)CCCCC1)C(=O)C(=O)NC1CCCC1. The summed E-state index contributed by atoms with van der Waals surface area (Å²) in [6.07, 6.45) is 9.69. The molecule has 0 radical (unpaired) electrons. The first kappa shape index (κ1) is 25.5. The molecule has 3 rings (SSSR count). The first-order chi connectivity index (χ1) is 15.9. The number of unbranched alkanes of at least 4 members (excludes halogenated alkanes) is 1. The highest BCUT2D eigenvalue weighted by atomic mass is 16.2. The highest BCUT2D eigenvalue weighted by Gasteiger charge is 2.43. The molecular formula is C24H41N5O4. The summed E-state index contributed by atoms with van der Waals surface area (Å²) in [7, 11) is 0. The zero-order valence-electron chi connectivity index (χ0n) is 20.0. The highest BCUT2D eigenvalue weighted by molar-refractivity contribution is 6.38. The molecule has 1 saturated heterocycles. The largest absolute Gasteiger partial charge is 0.347 e. The molecule has 0 aromatic carbocycles. The van der Waals surface area contributed by atoms with E-state index in [2.05, 4.69) is 21.3 Å². The fraction of sp³-hybridized carbons (Fsp3) is 0.833. The molecule has 4 N–H and O–H groups in total. The Morgan fingerprint density at radius 3 is 2.30 bits per heavy atom. The number of ketones is 1. The van der Waals surface area contributed by atoms with E-state index in [1.54, 1.807) is 4.90 Å². The molecule has 2 saturated carbocycles. The Bertz CT molecular complexity index is 695. The second-order valence-corrected chi connectivity index (χ2v) is 9.80. The van der Waals surface area contributed by atoms with Crippen LogP contribution in [0.15, 0.2) is 0 Å². The van der Waals surface area contributed by atoms with Crippen molar-refractivity contribution in [3.8, 4) is 0 Å². The lowest BCUT2D eigenvalue weighted by molar-refractivity contribution is -0.141. The van der Waals surface area contributed by atoms with Crippen LogP contribution in [0.1, 0.15) is 84.0 Å². The van der Waals surface area contributed by atoms with Gasteiger partial charge < -0.3 is 26.2 Å². The van der Waals surface area contributed by atoms with Crippen LogP contribution in [0.25, 0.3) is 0 Å². The number of hydrogen-bond acceptors (Lipinski definition) is 5. The van der Waals surface area contributed by atoms with E-state index >= 15 is 0 Å². The van der Waals surface area contributed by atoms with Crippen molar-refractivity contribution >= 4 is 23.6 Å². The van der Waals surface area contributed by atoms with Crippen LogP contribution >= 0.6 is 0 Å². The lowest BCUT2D eigenvalue weighted by atomic mass is 9.80. The Balaban J connectivity index is 1.68. The summed E-state index contributed by atoms with van der Waals surface area (Å²) in [6.45, 7) is 4.68. The van der Waals surface area contributed by atoms with Crippen molar-refractivity contribution in [3.63, 3.8) is 0 Å². The molecule has 1 atom stereocenters. The Hall–Kier alpha value is -2.16. The maximum absolute atomic E-state index is 13.5. The van der Waals surface area contributed by atoms with E-state index in [4.69, 9.17) is 0 Å². The van der Waals surface area contributed by atoms with Crippen LogP contribution in [0, 0.1) is 0 Å². The third kappa shape index (κ3) is 6.91. The number of piperazine rings is 1. The molecule has 0 spiro atoms. The molecule has 0 aromatic rings. The lowest BCUT2D eigenvalue weighted by Gasteiger charge is -2.39. The first-order valence-electron chi connectivity index (χ1n) is 12.9. The maximum Gasteiger partial charge on any atom is 0.318 e. The minimum atomic E-state index is -1.03. The normalized spacial score (nSPS) is 21.8. The molecule has 3 aliphatic rings. The van der Waals surface area contributed by atoms with Gasteiger partial charge in [0.2, 0.25) is 11.7 Å². The summed E-state index contributed by atoms with van der Waals surface area (Å²) in [6, 6.07) is -1.05. The Morgan fingerprint density at radius 2 is 1.67 bits per heavy atom. The minimum Gasteiger partial charge on any atom is -0.347 e. The van der Waals surface area contributed by atoms with Gasteiger partial charge >= 0.3 is 6.03 Å². The van der Waals surface area contributed by atoms with Crippen LogP contribution in [0.3, 0.4) is 0 Å². The zero-order chi connectivity index (χ0) is 23.7. The number of amides is 4. The van der Waals surface area contributed by atoms with E-state index in [0.29, 0.717) is 32.4 Å². The van der Waals surface area contributed by atoms with Gasteiger partial charge in [-0.15, -0.1) is 0 Å². The average molecular weight is 464 g/mol. The monoisotopic (exact) mass is 463 g/mol. The summed E-state index contributed by atoms with van der Waals surface area (Å²) in [5.74, 6) is -1.53. The molecule has 4 amide bonds. The standard InChI is InChI=1S/C24H41N5O4/c1-2-3-11-19(20(30)21(31)26-18-9-5-6-10-18)27-22(32)24(12-7-4-8-13-24)28-23(33)29-16-14-25-15-17-29/h18-19,25H,2-17H2,1H3,(H,26,31)(H,27,32)(H,28,33)/t19-/m0/s1. The van der Waals surface area contributed by atoms with Crippen molar-refractivity contribution in [1.82, 2.24) is 26.2 Å². The van der Waals surface area contributed by atoms with Gasteiger partial charge in [-0.3, -0.25) is 14.4 Å². The molecular weight excluding hydrogens is 422 g/mol. The highest BCUT2D eigenvalue weighted by Crippen LogP contribution is 2.29. The van der Waals surface area contributed by atoms with E-state index in [1.165, 1.54) is 0 Å². The maximum atomic E-state index is 13.5. The molecule has 3 fully saturated rings. The van der Waals surface area contributed by atoms with Gasteiger partial charge in [0.15, 0.2) is 0 Å². The van der Waals surface area contributed by atoms with Crippen molar-refractivity contribution in [1.29, 1.82) is 0 Å². The zero-order valence-corrected chi connectivity index (χ0v) is 20.0. The van der Waals surface area contributed by atoms with Crippen molar-refractivity contribution in [2.24, 2.45) is 0 Å². The Morgan fingerprint density at radius 1 is 1.00 bits per heavy atom. The molecule has 186 valence electrons. The molecule has 9 nitrogen and oxygen atoms in total. The van der Waals surface area contributed by atoms with Crippen LogP contribution in [0.5, 0.6) is 0 Å². The van der Waals surface area contributed by atoms with E-state index < -0.39 is 23.3 Å². The number of hydrogen-bond donors (Lipinski definition) is 4. The molecule has 9 heteroatoms. The number of nitrogens with zero attached hydrogens (tertiary/aromatic N) is 1. The summed E-state index contributed by atoms with van der Waals surface area (Å²) in [5.41, 5.74) is -1.03. The fourth-order valence-electron chi connectivity index (χ4n) is 5.17. The van der Waals surface area contributed by atoms with Crippen molar-refractivity contribution in [2.45, 2.75) is 102 Å². The third-order valence-corrected chi connectivity index (χ3v) is 7.27. The third-order valence-electron chi connectivity index (χ3n) is 7.27. The number of urea groups is 1. The number of Topliss-reactive ketones (excluding diaryl/α,β-unsaturated/α-hetero) is 1. The number of nitrogens with one attached hydrogen (secondary N) is 4. The average Bonchev–Trinajstić information content (AvgIpc) is 3.35. The van der Waals surface area contributed by atoms with Crippen LogP contribution < -0.4 is 21.3 Å². The van der Waals surface area contributed by atoms with Gasteiger partial charge in [-0.25, -0.2) is 4.79 Å². The molecule has 0 unspecified atom stereocenters. The molecule has 1 aliphatic heterocycles. The first-order valence-corrected chi connectivity index (χ1v) is 12.9. The van der Waals surface area contributed by atoms with E-state index in [0.717, 1.165) is 70.9 Å². The molecule has 2 aliphatic carbocycles. The van der Waals surface area contributed by atoms with E-state index in [1.807, 2.05) is 6.92 Å². The predicted molar refractivity (Wildman–Crippen MR) is 126 cm³/mol. The van der Waals surface area contributed by atoms with Crippen LogP contribution in [-0.4, -0.2) is 72.3 Å². The smallest absolute Gasteiger partial charge is 0.318 e. The summed E-state index contributed by atoms with van der Waals surface area (Å²) in [5, 5.41) is 12.0. The molecule has 1 heterocycles. The van der Waals surface area contributed by atoms with Gasteiger partial charge in [-0.2, -0.15) is 0 Å². The number of carbonyl (C=O) groups is 4. The summed E-state index contributed by atoms with van der Waals surface area (Å²) >= 11 is 0. The van der Waals surface area contributed by atoms with Gasteiger partial charge in [-0.1, -0.05) is 51.9 Å². The molecule has 33 heavy (non-hydrogen) atoms. The molecule has 0 bridgehead atoms. The Labute approximate surface area is 197 Å².